The normalized spacial score (nSPS) is 10.4. The summed E-state index contributed by atoms with van der Waals surface area (Å²) in [4.78, 5) is 31.3. The molecule has 0 aliphatic carbocycles. The number of aryl methyl sites for hydroxylation is 1. The molecule has 2 aromatic carbocycles. The maximum Gasteiger partial charge on any atom is 0.274 e. The van der Waals surface area contributed by atoms with Crippen molar-refractivity contribution < 1.29 is 9.59 Å². The van der Waals surface area contributed by atoms with Gasteiger partial charge in [-0.2, -0.15) is 0 Å². The van der Waals surface area contributed by atoms with E-state index in [9.17, 15) is 9.59 Å². The minimum atomic E-state index is -0.343. The van der Waals surface area contributed by atoms with Crippen molar-refractivity contribution in [3.8, 4) is 0 Å². The summed E-state index contributed by atoms with van der Waals surface area (Å²) >= 11 is 0. The van der Waals surface area contributed by atoms with Crippen LogP contribution in [0.2, 0.25) is 0 Å². The molecule has 0 atom stereocenters. The van der Waals surface area contributed by atoms with Crippen LogP contribution in [0, 0.1) is 6.92 Å². The van der Waals surface area contributed by atoms with Crippen molar-refractivity contribution >= 4 is 17.5 Å². The quantitative estimate of drug-likeness (QED) is 0.700. The van der Waals surface area contributed by atoms with Gasteiger partial charge in [0.05, 0.1) is 0 Å². The van der Waals surface area contributed by atoms with Crippen LogP contribution in [0.15, 0.2) is 72.9 Å². The first-order valence-corrected chi connectivity index (χ1v) is 9.24. The summed E-state index contributed by atoms with van der Waals surface area (Å²) < 4.78 is 0. The summed E-state index contributed by atoms with van der Waals surface area (Å²) in [6, 6.07) is 20.5. The standard InChI is InChI=1S/C23H23N3O2/c1-3-26(16-18-7-5-4-6-8-18)23(28)19-13-14-24-21(15-19)22(27)25-20-11-9-17(2)10-12-20/h4-15H,3,16H2,1-2H3,(H,25,27). The Hall–Kier alpha value is -3.47. The highest BCUT2D eigenvalue weighted by Gasteiger charge is 2.17. The monoisotopic (exact) mass is 373 g/mol. The molecule has 1 aromatic heterocycles. The molecular formula is C23H23N3O2. The Kier molecular flexibility index (Phi) is 6.17. The maximum atomic E-state index is 12.9. The second-order valence-corrected chi connectivity index (χ2v) is 6.55. The number of nitrogens with zero attached hydrogens (tertiary/aromatic N) is 2. The van der Waals surface area contributed by atoms with E-state index in [2.05, 4.69) is 10.3 Å². The Labute approximate surface area is 165 Å². The van der Waals surface area contributed by atoms with Crippen LogP contribution in [0.3, 0.4) is 0 Å². The van der Waals surface area contributed by atoms with E-state index < -0.39 is 0 Å². The van der Waals surface area contributed by atoms with Crippen LogP contribution in [0.4, 0.5) is 5.69 Å². The zero-order valence-electron chi connectivity index (χ0n) is 16.1. The molecule has 1 N–H and O–H groups in total. The van der Waals surface area contributed by atoms with Crippen LogP contribution >= 0.6 is 0 Å². The zero-order valence-corrected chi connectivity index (χ0v) is 16.1. The average molecular weight is 373 g/mol. The van der Waals surface area contributed by atoms with Gasteiger partial charge in [0.2, 0.25) is 0 Å². The first-order chi connectivity index (χ1) is 13.6. The lowest BCUT2D eigenvalue weighted by atomic mass is 10.1. The third-order valence-electron chi connectivity index (χ3n) is 4.43. The first kappa shape index (κ1) is 19.3. The smallest absolute Gasteiger partial charge is 0.274 e. The molecule has 0 aliphatic rings. The van der Waals surface area contributed by atoms with Gasteiger partial charge in [0.1, 0.15) is 5.69 Å². The van der Waals surface area contributed by atoms with E-state index in [1.807, 2.05) is 68.4 Å². The Morgan fingerprint density at radius 2 is 1.71 bits per heavy atom. The van der Waals surface area contributed by atoms with E-state index >= 15 is 0 Å². The molecule has 2 amide bonds. The van der Waals surface area contributed by atoms with Gasteiger partial charge in [-0.25, -0.2) is 0 Å². The fourth-order valence-corrected chi connectivity index (χ4v) is 2.83. The molecule has 3 rings (SSSR count). The van der Waals surface area contributed by atoms with Gasteiger partial charge in [-0.15, -0.1) is 0 Å². The molecule has 0 fully saturated rings. The second-order valence-electron chi connectivity index (χ2n) is 6.55. The van der Waals surface area contributed by atoms with E-state index in [1.165, 1.54) is 6.20 Å². The van der Waals surface area contributed by atoms with Gasteiger partial charge in [-0.05, 0) is 43.7 Å². The summed E-state index contributed by atoms with van der Waals surface area (Å²) in [6.45, 7) is 5.01. The molecule has 142 valence electrons. The molecule has 0 unspecified atom stereocenters. The molecule has 5 heteroatoms. The Bertz CT molecular complexity index is 953. The van der Waals surface area contributed by atoms with E-state index in [4.69, 9.17) is 0 Å². The number of hydrogen-bond acceptors (Lipinski definition) is 3. The molecule has 1 heterocycles. The highest BCUT2D eigenvalue weighted by molar-refractivity contribution is 6.04. The van der Waals surface area contributed by atoms with Gasteiger partial charge in [-0.3, -0.25) is 14.6 Å². The van der Waals surface area contributed by atoms with Gasteiger partial charge in [0, 0.05) is 30.5 Å². The van der Waals surface area contributed by atoms with Crippen LogP contribution < -0.4 is 5.32 Å². The summed E-state index contributed by atoms with van der Waals surface area (Å²) in [5.74, 6) is -0.470. The minimum Gasteiger partial charge on any atom is -0.335 e. The fourth-order valence-electron chi connectivity index (χ4n) is 2.83. The van der Waals surface area contributed by atoms with Gasteiger partial charge >= 0.3 is 0 Å². The second kappa shape index (κ2) is 8.95. The number of rotatable bonds is 6. The molecule has 28 heavy (non-hydrogen) atoms. The topological polar surface area (TPSA) is 62.3 Å². The Morgan fingerprint density at radius 3 is 2.39 bits per heavy atom. The van der Waals surface area contributed by atoms with Crippen LogP contribution in [0.5, 0.6) is 0 Å². The number of nitrogens with one attached hydrogen (secondary N) is 1. The highest BCUT2D eigenvalue weighted by Crippen LogP contribution is 2.13. The van der Waals surface area contributed by atoms with Crippen molar-refractivity contribution in [2.45, 2.75) is 20.4 Å². The summed E-state index contributed by atoms with van der Waals surface area (Å²) in [5.41, 5.74) is 3.52. The van der Waals surface area contributed by atoms with E-state index in [0.29, 0.717) is 24.3 Å². The van der Waals surface area contributed by atoms with E-state index in [0.717, 1.165) is 11.1 Å². The fraction of sp³-hybridized carbons (Fsp3) is 0.174. The summed E-state index contributed by atoms with van der Waals surface area (Å²) in [6.07, 6.45) is 1.49. The number of aromatic nitrogens is 1. The Morgan fingerprint density at radius 1 is 1.00 bits per heavy atom. The molecule has 0 spiro atoms. The third kappa shape index (κ3) is 4.82. The van der Waals surface area contributed by atoms with Crippen LogP contribution in [-0.2, 0) is 6.54 Å². The Balaban J connectivity index is 1.74. The molecule has 0 bridgehead atoms. The lowest BCUT2D eigenvalue weighted by molar-refractivity contribution is 0.0752. The SMILES string of the molecule is CCN(Cc1ccccc1)C(=O)c1ccnc(C(=O)Nc2ccc(C)cc2)c1. The number of pyridine rings is 1. The van der Waals surface area contributed by atoms with E-state index in [1.54, 1.807) is 17.0 Å². The van der Waals surface area contributed by atoms with Crippen LogP contribution in [0.25, 0.3) is 0 Å². The lowest BCUT2D eigenvalue weighted by Gasteiger charge is -2.21. The molecule has 3 aromatic rings. The van der Waals surface area contributed by atoms with Crippen molar-refractivity contribution in [3.63, 3.8) is 0 Å². The summed E-state index contributed by atoms with van der Waals surface area (Å²) in [7, 11) is 0. The van der Waals surface area contributed by atoms with Crippen molar-refractivity contribution in [2.24, 2.45) is 0 Å². The van der Waals surface area contributed by atoms with Gasteiger partial charge in [-0.1, -0.05) is 48.0 Å². The molecule has 0 aliphatic heterocycles. The number of benzene rings is 2. The number of hydrogen-bond donors (Lipinski definition) is 1. The van der Waals surface area contributed by atoms with Gasteiger partial charge in [0.15, 0.2) is 0 Å². The number of carbonyl (C=O) groups is 2. The highest BCUT2D eigenvalue weighted by atomic mass is 16.2. The first-order valence-electron chi connectivity index (χ1n) is 9.24. The predicted octanol–water partition coefficient (Wildman–Crippen LogP) is 4.30. The summed E-state index contributed by atoms with van der Waals surface area (Å²) in [5, 5.41) is 2.81. The third-order valence-corrected chi connectivity index (χ3v) is 4.43. The number of anilines is 1. The number of amides is 2. The molecular weight excluding hydrogens is 350 g/mol. The molecule has 0 saturated carbocycles. The van der Waals surface area contributed by atoms with Crippen molar-refractivity contribution in [3.05, 3.63) is 95.3 Å². The molecule has 5 nitrogen and oxygen atoms in total. The predicted molar refractivity (Wildman–Crippen MR) is 110 cm³/mol. The largest absolute Gasteiger partial charge is 0.335 e. The van der Waals surface area contributed by atoms with Gasteiger partial charge in [0.25, 0.3) is 11.8 Å². The minimum absolute atomic E-state index is 0.127. The number of carbonyl (C=O) groups excluding carboxylic acids is 2. The van der Waals surface area contributed by atoms with Crippen molar-refractivity contribution in [1.82, 2.24) is 9.88 Å². The van der Waals surface area contributed by atoms with Crippen molar-refractivity contribution in [1.29, 1.82) is 0 Å². The molecule has 0 radical (unpaired) electrons. The van der Waals surface area contributed by atoms with Crippen LogP contribution in [0.1, 0.15) is 38.9 Å². The van der Waals surface area contributed by atoms with Crippen LogP contribution in [-0.4, -0.2) is 28.2 Å². The van der Waals surface area contributed by atoms with Gasteiger partial charge < -0.3 is 10.2 Å². The average Bonchev–Trinajstić information content (AvgIpc) is 2.74. The molecule has 0 saturated heterocycles. The lowest BCUT2D eigenvalue weighted by Crippen LogP contribution is -2.30. The zero-order chi connectivity index (χ0) is 19.9. The maximum absolute atomic E-state index is 12.9. The van der Waals surface area contributed by atoms with Crippen molar-refractivity contribution in [2.75, 3.05) is 11.9 Å². The van der Waals surface area contributed by atoms with E-state index in [-0.39, 0.29) is 17.5 Å².